The Hall–Kier alpha value is -0.580. The van der Waals surface area contributed by atoms with Crippen molar-refractivity contribution in [1.29, 1.82) is 0 Å². The van der Waals surface area contributed by atoms with Crippen molar-refractivity contribution < 1.29 is 9.47 Å². The molecular weight excluding hydrogens is 216 g/mol. The second-order valence-electron chi connectivity index (χ2n) is 4.81. The SMILES string of the molecule is C=C(C)N.CCC(C)OC1CC(N)CC(C)O1. The van der Waals surface area contributed by atoms with Gasteiger partial charge >= 0.3 is 0 Å². The summed E-state index contributed by atoms with van der Waals surface area (Å²) in [6.45, 7) is 11.3. The number of ether oxygens (including phenoxy) is 2. The van der Waals surface area contributed by atoms with Crippen LogP contribution in [0, 0.1) is 0 Å². The maximum absolute atomic E-state index is 5.87. The highest BCUT2D eigenvalue weighted by atomic mass is 16.7. The summed E-state index contributed by atoms with van der Waals surface area (Å²) in [4.78, 5) is 0. The first-order valence-corrected chi connectivity index (χ1v) is 6.32. The summed E-state index contributed by atoms with van der Waals surface area (Å²) in [6.07, 6.45) is 3.20. The lowest BCUT2D eigenvalue weighted by atomic mass is 10.0. The van der Waals surface area contributed by atoms with E-state index >= 15 is 0 Å². The van der Waals surface area contributed by atoms with Crippen LogP contribution in [-0.4, -0.2) is 24.5 Å². The minimum absolute atomic E-state index is 0.0892. The molecule has 0 amide bonds. The maximum atomic E-state index is 5.87. The summed E-state index contributed by atoms with van der Waals surface area (Å²) < 4.78 is 11.3. The van der Waals surface area contributed by atoms with E-state index in [2.05, 4.69) is 20.4 Å². The van der Waals surface area contributed by atoms with Crippen LogP contribution in [0.1, 0.15) is 47.0 Å². The van der Waals surface area contributed by atoms with Crippen LogP contribution < -0.4 is 11.5 Å². The van der Waals surface area contributed by atoms with Gasteiger partial charge < -0.3 is 20.9 Å². The Morgan fingerprint density at radius 1 is 1.53 bits per heavy atom. The van der Waals surface area contributed by atoms with Crippen molar-refractivity contribution in [3.8, 4) is 0 Å². The summed E-state index contributed by atoms with van der Waals surface area (Å²) >= 11 is 0. The van der Waals surface area contributed by atoms with Crippen LogP contribution in [0.25, 0.3) is 0 Å². The summed E-state index contributed by atoms with van der Waals surface area (Å²) in [5.74, 6) is 0. The summed E-state index contributed by atoms with van der Waals surface area (Å²) in [7, 11) is 0. The Morgan fingerprint density at radius 2 is 2.06 bits per heavy atom. The molecule has 1 rings (SSSR count). The first-order valence-electron chi connectivity index (χ1n) is 6.32. The Morgan fingerprint density at radius 3 is 2.47 bits per heavy atom. The van der Waals surface area contributed by atoms with Crippen molar-refractivity contribution in [2.45, 2.75) is 71.5 Å². The highest BCUT2D eigenvalue weighted by Crippen LogP contribution is 2.20. The molecule has 4 N–H and O–H groups in total. The summed E-state index contributed by atoms with van der Waals surface area (Å²) in [5.41, 5.74) is 11.5. The van der Waals surface area contributed by atoms with Gasteiger partial charge in [0, 0.05) is 12.5 Å². The molecule has 0 radical (unpaired) electrons. The van der Waals surface area contributed by atoms with Crippen molar-refractivity contribution in [3.63, 3.8) is 0 Å². The van der Waals surface area contributed by atoms with E-state index in [1.165, 1.54) is 0 Å². The number of hydrogen-bond acceptors (Lipinski definition) is 4. The molecular formula is C13H28N2O2. The lowest BCUT2D eigenvalue weighted by Crippen LogP contribution is -2.41. The van der Waals surface area contributed by atoms with Gasteiger partial charge in [-0.2, -0.15) is 0 Å². The largest absolute Gasteiger partial charge is 0.403 e. The molecule has 0 aliphatic carbocycles. The van der Waals surface area contributed by atoms with Crippen LogP contribution >= 0.6 is 0 Å². The minimum atomic E-state index is -0.0892. The number of nitrogens with two attached hydrogens (primary N) is 2. The van der Waals surface area contributed by atoms with Gasteiger partial charge in [0.1, 0.15) is 0 Å². The molecule has 17 heavy (non-hydrogen) atoms. The Balaban J connectivity index is 0.000000557. The van der Waals surface area contributed by atoms with E-state index in [1.54, 1.807) is 6.92 Å². The van der Waals surface area contributed by atoms with E-state index in [-0.39, 0.29) is 24.5 Å². The van der Waals surface area contributed by atoms with Gasteiger partial charge in [-0.25, -0.2) is 0 Å². The van der Waals surface area contributed by atoms with Gasteiger partial charge in [0.15, 0.2) is 6.29 Å². The van der Waals surface area contributed by atoms with E-state index in [0.29, 0.717) is 5.70 Å². The zero-order valence-corrected chi connectivity index (χ0v) is 11.6. The van der Waals surface area contributed by atoms with Gasteiger partial charge in [0.2, 0.25) is 0 Å². The second kappa shape index (κ2) is 8.50. The van der Waals surface area contributed by atoms with Gasteiger partial charge in [0.05, 0.1) is 12.2 Å². The summed E-state index contributed by atoms with van der Waals surface area (Å²) in [5, 5.41) is 0. The van der Waals surface area contributed by atoms with E-state index in [1.807, 2.05) is 6.92 Å². The second-order valence-corrected chi connectivity index (χ2v) is 4.81. The maximum Gasteiger partial charge on any atom is 0.159 e. The molecule has 102 valence electrons. The topological polar surface area (TPSA) is 70.5 Å². The lowest BCUT2D eigenvalue weighted by Gasteiger charge is -2.33. The first-order chi connectivity index (χ1) is 7.85. The molecule has 0 bridgehead atoms. The van der Waals surface area contributed by atoms with Gasteiger partial charge in [-0.05, 0) is 39.3 Å². The fraction of sp³-hybridized carbons (Fsp3) is 0.846. The van der Waals surface area contributed by atoms with Crippen molar-refractivity contribution in [2.75, 3.05) is 0 Å². The average molecular weight is 244 g/mol. The highest BCUT2D eigenvalue weighted by Gasteiger charge is 2.26. The minimum Gasteiger partial charge on any atom is -0.403 e. The number of allylic oxidation sites excluding steroid dienone is 1. The number of hydrogen-bond donors (Lipinski definition) is 2. The molecule has 0 spiro atoms. The van der Waals surface area contributed by atoms with Crippen LogP contribution in [0.5, 0.6) is 0 Å². The third-order valence-electron chi connectivity index (χ3n) is 2.47. The predicted octanol–water partition coefficient (Wildman–Crippen LogP) is 2.13. The van der Waals surface area contributed by atoms with E-state index in [4.69, 9.17) is 20.9 Å². The smallest absolute Gasteiger partial charge is 0.159 e. The molecule has 1 fully saturated rings. The van der Waals surface area contributed by atoms with Gasteiger partial charge in [-0.3, -0.25) is 0 Å². The number of rotatable bonds is 3. The molecule has 1 aliphatic rings. The van der Waals surface area contributed by atoms with Crippen LogP contribution in [0.2, 0.25) is 0 Å². The van der Waals surface area contributed by atoms with Gasteiger partial charge in [0.25, 0.3) is 0 Å². The molecule has 1 heterocycles. The van der Waals surface area contributed by atoms with Crippen LogP contribution in [0.15, 0.2) is 12.3 Å². The molecule has 4 heteroatoms. The summed E-state index contributed by atoms with van der Waals surface area (Å²) in [6, 6.07) is 0.234. The van der Waals surface area contributed by atoms with Crippen molar-refractivity contribution in [1.82, 2.24) is 0 Å². The van der Waals surface area contributed by atoms with Crippen molar-refractivity contribution >= 4 is 0 Å². The van der Waals surface area contributed by atoms with Gasteiger partial charge in [-0.1, -0.05) is 13.5 Å². The van der Waals surface area contributed by atoms with Crippen molar-refractivity contribution in [2.24, 2.45) is 11.5 Å². The fourth-order valence-electron chi connectivity index (χ4n) is 1.58. The monoisotopic (exact) mass is 244 g/mol. The Kier molecular flexibility index (Phi) is 8.21. The van der Waals surface area contributed by atoms with E-state index in [0.717, 1.165) is 19.3 Å². The predicted molar refractivity (Wildman–Crippen MR) is 71.4 cm³/mol. The molecule has 0 aromatic rings. The third kappa shape index (κ3) is 9.15. The zero-order chi connectivity index (χ0) is 13.4. The highest BCUT2D eigenvalue weighted by molar-refractivity contribution is 4.76. The van der Waals surface area contributed by atoms with Crippen LogP contribution in [0.4, 0.5) is 0 Å². The average Bonchev–Trinajstić information content (AvgIpc) is 2.14. The molecule has 4 atom stereocenters. The fourth-order valence-corrected chi connectivity index (χ4v) is 1.58. The molecule has 1 aliphatic heterocycles. The van der Waals surface area contributed by atoms with Gasteiger partial charge in [-0.15, -0.1) is 0 Å². The molecule has 0 saturated carbocycles. The van der Waals surface area contributed by atoms with E-state index in [9.17, 15) is 0 Å². The first kappa shape index (κ1) is 16.4. The van der Waals surface area contributed by atoms with E-state index < -0.39 is 0 Å². The molecule has 1 saturated heterocycles. The lowest BCUT2D eigenvalue weighted by molar-refractivity contribution is -0.211. The molecule has 0 aromatic carbocycles. The Bertz CT molecular complexity index is 207. The standard InChI is InChI=1S/C10H21NO2.C3H7N/c1-4-7(2)12-10-6-9(11)5-8(3)13-10;1-3(2)4/h7-10H,4-6,11H2,1-3H3;1,4H2,2H3. The van der Waals surface area contributed by atoms with Crippen LogP contribution in [0.3, 0.4) is 0 Å². The molecule has 4 nitrogen and oxygen atoms in total. The zero-order valence-electron chi connectivity index (χ0n) is 11.6. The molecule has 4 unspecified atom stereocenters. The quantitative estimate of drug-likeness (QED) is 0.798. The molecule has 0 aromatic heterocycles. The van der Waals surface area contributed by atoms with Crippen LogP contribution in [-0.2, 0) is 9.47 Å². The normalized spacial score (nSPS) is 30.1. The Labute approximate surface area is 105 Å². The van der Waals surface area contributed by atoms with Crippen molar-refractivity contribution in [3.05, 3.63) is 12.3 Å². The third-order valence-corrected chi connectivity index (χ3v) is 2.47.